The largest absolute Gasteiger partial charge is 0.494 e. The Bertz CT molecular complexity index is 1280. The van der Waals surface area contributed by atoms with Crippen LogP contribution in [0, 0.1) is 0 Å². The molecule has 0 aliphatic heterocycles. The predicted molar refractivity (Wildman–Crippen MR) is 137 cm³/mol. The summed E-state index contributed by atoms with van der Waals surface area (Å²) in [6.07, 6.45) is -1.58. The summed E-state index contributed by atoms with van der Waals surface area (Å²) in [5.41, 5.74) is 0.532. The lowest BCUT2D eigenvalue weighted by Crippen LogP contribution is -2.32. The fraction of sp³-hybridized carbons (Fsp3) is 0.115. The molecule has 10 heteroatoms. The van der Waals surface area contributed by atoms with E-state index in [2.05, 4.69) is 16.0 Å². The molecule has 0 atom stereocenters. The number of benzene rings is 3. The van der Waals surface area contributed by atoms with Crippen LogP contribution in [-0.4, -0.2) is 23.5 Å². The Morgan fingerprint density at radius 1 is 0.944 bits per heavy atom. The van der Waals surface area contributed by atoms with Crippen molar-refractivity contribution < 1.29 is 27.5 Å². The maximum Gasteiger partial charge on any atom is 0.416 e. The number of amides is 2. The van der Waals surface area contributed by atoms with Gasteiger partial charge in [0.15, 0.2) is 5.11 Å². The number of thiocarbonyl (C=S) groups is 1. The summed E-state index contributed by atoms with van der Waals surface area (Å²) in [7, 11) is 0. The molecule has 3 N–H and O–H groups in total. The van der Waals surface area contributed by atoms with E-state index in [0.29, 0.717) is 12.3 Å². The van der Waals surface area contributed by atoms with Crippen molar-refractivity contribution in [2.45, 2.75) is 13.1 Å². The number of hydrogen-bond acceptors (Lipinski definition) is 4. The van der Waals surface area contributed by atoms with Crippen molar-refractivity contribution in [2.75, 3.05) is 17.2 Å². The second-order valence-corrected chi connectivity index (χ2v) is 7.80. The Morgan fingerprint density at radius 3 is 2.28 bits per heavy atom. The normalized spacial score (nSPS) is 11.1. The Balaban J connectivity index is 1.56. The Kier molecular flexibility index (Phi) is 8.80. The van der Waals surface area contributed by atoms with E-state index in [9.17, 15) is 22.8 Å². The van der Waals surface area contributed by atoms with Crippen LogP contribution in [0.5, 0.6) is 5.75 Å². The third-order valence-electron chi connectivity index (χ3n) is 4.69. The van der Waals surface area contributed by atoms with Crippen LogP contribution in [0.15, 0.2) is 78.9 Å². The minimum Gasteiger partial charge on any atom is -0.494 e. The van der Waals surface area contributed by atoms with Crippen LogP contribution in [0.2, 0.25) is 0 Å². The van der Waals surface area contributed by atoms with Gasteiger partial charge in [-0.25, -0.2) is 0 Å². The summed E-state index contributed by atoms with van der Waals surface area (Å²) in [6.45, 7) is 2.45. The molecule has 0 spiro atoms. The van der Waals surface area contributed by atoms with Gasteiger partial charge in [-0.2, -0.15) is 13.2 Å². The molecule has 0 fully saturated rings. The fourth-order valence-electron chi connectivity index (χ4n) is 3.04. The van der Waals surface area contributed by atoms with Crippen LogP contribution in [0.25, 0.3) is 6.08 Å². The molecule has 0 aromatic heterocycles. The molecule has 6 nitrogen and oxygen atoms in total. The third kappa shape index (κ3) is 7.95. The van der Waals surface area contributed by atoms with Gasteiger partial charge in [0.1, 0.15) is 5.75 Å². The van der Waals surface area contributed by atoms with Crippen molar-refractivity contribution >= 4 is 46.6 Å². The molecule has 0 bridgehead atoms. The van der Waals surface area contributed by atoms with E-state index in [1.54, 1.807) is 42.5 Å². The Hall–Kier alpha value is -4.18. The van der Waals surface area contributed by atoms with Gasteiger partial charge in [0.05, 0.1) is 12.2 Å². The summed E-state index contributed by atoms with van der Waals surface area (Å²) < 4.78 is 44.1. The van der Waals surface area contributed by atoms with Crippen molar-refractivity contribution in [1.82, 2.24) is 5.32 Å². The van der Waals surface area contributed by atoms with Gasteiger partial charge < -0.3 is 15.4 Å². The number of alkyl halides is 3. The van der Waals surface area contributed by atoms with Gasteiger partial charge in [-0.15, -0.1) is 0 Å². The highest BCUT2D eigenvalue weighted by atomic mass is 32.1. The first-order valence-electron chi connectivity index (χ1n) is 10.8. The molecule has 186 valence electrons. The van der Waals surface area contributed by atoms with Gasteiger partial charge in [0.25, 0.3) is 5.91 Å². The summed E-state index contributed by atoms with van der Waals surface area (Å²) in [5, 5.41) is 7.75. The Morgan fingerprint density at radius 2 is 1.61 bits per heavy atom. The monoisotopic (exact) mass is 513 g/mol. The minimum absolute atomic E-state index is 0.00628. The van der Waals surface area contributed by atoms with Crippen molar-refractivity contribution in [3.05, 3.63) is 95.6 Å². The first-order valence-corrected chi connectivity index (χ1v) is 11.2. The number of anilines is 2. The molecule has 0 aliphatic carbocycles. The standard InChI is InChI=1S/C26H22F3N3O3S/c1-2-35-22-12-9-17(10-13-22)11-14-23(33)32-25(36)31-20-7-3-5-18(15-20)24(34)30-21-8-4-6-19(16-21)26(27,28)29/h3-16H,2H2,1H3,(H,30,34)(H2,31,32,33,36)/b14-11+. The highest BCUT2D eigenvalue weighted by molar-refractivity contribution is 7.80. The molecule has 0 radical (unpaired) electrons. The number of carbonyl (C=O) groups is 2. The lowest BCUT2D eigenvalue weighted by Gasteiger charge is -2.11. The summed E-state index contributed by atoms with van der Waals surface area (Å²) >= 11 is 5.15. The van der Waals surface area contributed by atoms with E-state index in [0.717, 1.165) is 23.4 Å². The average Bonchev–Trinajstić information content (AvgIpc) is 2.83. The fourth-order valence-corrected chi connectivity index (χ4v) is 3.26. The molecule has 36 heavy (non-hydrogen) atoms. The molecular weight excluding hydrogens is 491 g/mol. The molecule has 3 rings (SSSR count). The van der Waals surface area contributed by atoms with Gasteiger partial charge in [-0.1, -0.05) is 24.3 Å². The number of halogens is 3. The highest BCUT2D eigenvalue weighted by Crippen LogP contribution is 2.30. The average molecular weight is 514 g/mol. The van der Waals surface area contributed by atoms with Crippen molar-refractivity contribution in [3.8, 4) is 5.75 Å². The van der Waals surface area contributed by atoms with Gasteiger partial charge in [-0.05, 0) is 79.3 Å². The summed E-state index contributed by atoms with van der Waals surface area (Å²) in [4.78, 5) is 24.7. The zero-order chi connectivity index (χ0) is 26.1. The second kappa shape index (κ2) is 12.0. The molecule has 0 unspecified atom stereocenters. The SMILES string of the molecule is CCOc1ccc(/C=C/C(=O)NC(=S)Nc2cccc(C(=O)Nc3cccc(C(F)(F)F)c3)c2)cc1. The van der Waals surface area contributed by atoms with E-state index in [1.165, 1.54) is 30.3 Å². The number of nitrogens with one attached hydrogen (secondary N) is 3. The van der Waals surface area contributed by atoms with E-state index < -0.39 is 23.6 Å². The molecule has 0 aliphatic rings. The van der Waals surface area contributed by atoms with Crippen LogP contribution in [0.4, 0.5) is 24.5 Å². The third-order valence-corrected chi connectivity index (χ3v) is 4.89. The first kappa shape index (κ1) is 26.4. The van der Waals surface area contributed by atoms with Crippen molar-refractivity contribution in [1.29, 1.82) is 0 Å². The van der Waals surface area contributed by atoms with E-state index >= 15 is 0 Å². The van der Waals surface area contributed by atoms with E-state index in [1.807, 2.05) is 6.92 Å². The molecule has 3 aromatic rings. The molecule has 3 aromatic carbocycles. The summed E-state index contributed by atoms with van der Waals surface area (Å²) in [5.74, 6) is -0.332. The molecule has 2 amide bonds. The van der Waals surface area contributed by atoms with Crippen LogP contribution in [0.3, 0.4) is 0 Å². The van der Waals surface area contributed by atoms with Gasteiger partial charge in [0.2, 0.25) is 5.91 Å². The van der Waals surface area contributed by atoms with Crippen molar-refractivity contribution in [2.24, 2.45) is 0 Å². The van der Waals surface area contributed by atoms with E-state index in [-0.39, 0.29) is 16.4 Å². The lowest BCUT2D eigenvalue weighted by atomic mass is 10.1. The van der Waals surface area contributed by atoms with Crippen molar-refractivity contribution in [3.63, 3.8) is 0 Å². The molecule has 0 saturated heterocycles. The zero-order valence-electron chi connectivity index (χ0n) is 19.1. The quantitative estimate of drug-likeness (QED) is 0.272. The number of hydrogen-bond donors (Lipinski definition) is 3. The number of carbonyl (C=O) groups excluding carboxylic acids is 2. The van der Waals surface area contributed by atoms with E-state index in [4.69, 9.17) is 17.0 Å². The van der Waals surface area contributed by atoms with Gasteiger partial charge in [-0.3, -0.25) is 14.9 Å². The first-order chi connectivity index (χ1) is 17.1. The second-order valence-electron chi connectivity index (χ2n) is 7.39. The molecule has 0 saturated carbocycles. The van der Waals surface area contributed by atoms with Crippen LogP contribution in [-0.2, 0) is 11.0 Å². The maximum atomic E-state index is 12.9. The van der Waals surface area contributed by atoms with Gasteiger partial charge in [0, 0.05) is 23.0 Å². The predicted octanol–water partition coefficient (Wildman–Crippen LogP) is 5.88. The molecular formula is C26H22F3N3O3S. The van der Waals surface area contributed by atoms with Gasteiger partial charge >= 0.3 is 6.18 Å². The zero-order valence-corrected chi connectivity index (χ0v) is 19.9. The molecule has 0 heterocycles. The van der Waals surface area contributed by atoms with Crippen LogP contribution < -0.4 is 20.7 Å². The van der Waals surface area contributed by atoms with Crippen LogP contribution in [0.1, 0.15) is 28.4 Å². The van der Waals surface area contributed by atoms with Crippen LogP contribution >= 0.6 is 12.2 Å². The summed E-state index contributed by atoms with van der Waals surface area (Å²) in [6, 6.07) is 17.7. The number of rotatable bonds is 7. The smallest absolute Gasteiger partial charge is 0.416 e. The Labute approximate surface area is 211 Å². The highest BCUT2D eigenvalue weighted by Gasteiger charge is 2.30. The maximum absolute atomic E-state index is 12.9. The minimum atomic E-state index is -4.52. The number of ether oxygens (including phenoxy) is 1. The topological polar surface area (TPSA) is 79.5 Å². The lowest BCUT2D eigenvalue weighted by molar-refractivity contribution is -0.137.